The van der Waals surface area contributed by atoms with Crippen LogP contribution in [0.25, 0.3) is 0 Å². The topological polar surface area (TPSA) is 70.6 Å². The molecule has 1 fully saturated rings. The number of phenolic OH excluding ortho intramolecular Hbond substituents is 1. The number of aromatic hydroxyl groups is 1. The van der Waals surface area contributed by atoms with Gasteiger partial charge in [-0.2, -0.15) is 0 Å². The molecule has 2 amide bonds. The predicted molar refractivity (Wildman–Crippen MR) is 76.7 cm³/mol. The van der Waals surface area contributed by atoms with E-state index in [2.05, 4.69) is 10.6 Å². The van der Waals surface area contributed by atoms with Gasteiger partial charge in [-0.15, -0.1) is 0 Å². The molecule has 0 heterocycles. The largest absolute Gasteiger partial charge is 0.508 e. The van der Waals surface area contributed by atoms with Crippen LogP contribution in [0.2, 0.25) is 0 Å². The normalized spacial score (nSPS) is 17.2. The molecule has 1 atom stereocenters. The first kappa shape index (κ1) is 14.5. The monoisotopic (exact) mass is 278 g/mol. The molecular formula is C15H22N2O3. The van der Waals surface area contributed by atoms with E-state index in [0.717, 1.165) is 12.8 Å². The van der Waals surface area contributed by atoms with Gasteiger partial charge in [0, 0.05) is 6.04 Å². The van der Waals surface area contributed by atoms with Crippen LogP contribution < -0.4 is 15.4 Å². The lowest BCUT2D eigenvalue weighted by Gasteiger charge is -2.24. The first-order valence-electron chi connectivity index (χ1n) is 7.16. The minimum Gasteiger partial charge on any atom is -0.508 e. The van der Waals surface area contributed by atoms with Crippen LogP contribution in [0.4, 0.5) is 4.79 Å². The second kappa shape index (κ2) is 7.03. The maximum Gasteiger partial charge on any atom is 0.317 e. The van der Waals surface area contributed by atoms with E-state index in [1.165, 1.54) is 19.3 Å². The first-order chi connectivity index (χ1) is 9.63. The molecule has 3 N–H and O–H groups in total. The van der Waals surface area contributed by atoms with Crippen molar-refractivity contribution in [3.63, 3.8) is 0 Å². The molecule has 1 saturated carbocycles. The third-order valence-corrected chi connectivity index (χ3v) is 3.42. The molecule has 1 aromatic carbocycles. The predicted octanol–water partition coefficient (Wildman–Crippen LogP) is 2.75. The van der Waals surface area contributed by atoms with Crippen molar-refractivity contribution >= 4 is 6.03 Å². The van der Waals surface area contributed by atoms with Crippen LogP contribution in [0.5, 0.6) is 11.5 Å². The Balaban J connectivity index is 1.74. The van der Waals surface area contributed by atoms with E-state index in [-0.39, 0.29) is 17.8 Å². The standard InChI is InChI=1S/C15H22N2O3/c1-11(20-14-9-7-13(18)8-10-14)16-15(19)17-12-5-3-2-4-6-12/h7-12,18H,2-6H2,1H3,(H2,16,17,19). The molecule has 0 bridgehead atoms. The van der Waals surface area contributed by atoms with E-state index < -0.39 is 6.23 Å². The summed E-state index contributed by atoms with van der Waals surface area (Å²) in [6.07, 6.45) is 5.32. The highest BCUT2D eigenvalue weighted by Crippen LogP contribution is 2.18. The van der Waals surface area contributed by atoms with Crippen molar-refractivity contribution in [2.24, 2.45) is 0 Å². The summed E-state index contributed by atoms with van der Waals surface area (Å²) in [6.45, 7) is 1.77. The molecule has 5 heteroatoms. The van der Waals surface area contributed by atoms with E-state index in [9.17, 15) is 9.90 Å². The minimum atomic E-state index is -0.428. The summed E-state index contributed by atoms with van der Waals surface area (Å²) >= 11 is 0. The van der Waals surface area contributed by atoms with Gasteiger partial charge in [0.1, 0.15) is 11.5 Å². The zero-order valence-electron chi connectivity index (χ0n) is 11.8. The van der Waals surface area contributed by atoms with Gasteiger partial charge >= 0.3 is 6.03 Å². The number of hydrogen-bond acceptors (Lipinski definition) is 3. The summed E-state index contributed by atoms with van der Waals surface area (Å²) in [4.78, 5) is 11.8. The number of benzene rings is 1. The second-order valence-corrected chi connectivity index (χ2v) is 5.21. The lowest BCUT2D eigenvalue weighted by Crippen LogP contribution is -2.47. The summed E-state index contributed by atoms with van der Waals surface area (Å²) in [5.74, 6) is 0.793. The third-order valence-electron chi connectivity index (χ3n) is 3.42. The molecule has 0 radical (unpaired) electrons. The Kier molecular flexibility index (Phi) is 5.09. The van der Waals surface area contributed by atoms with Crippen LogP contribution in [0.3, 0.4) is 0 Å². The molecule has 0 spiro atoms. The summed E-state index contributed by atoms with van der Waals surface area (Å²) < 4.78 is 5.55. The first-order valence-corrected chi connectivity index (χ1v) is 7.16. The number of urea groups is 1. The van der Waals surface area contributed by atoms with Gasteiger partial charge in [0.05, 0.1) is 0 Å². The van der Waals surface area contributed by atoms with Crippen molar-refractivity contribution in [1.82, 2.24) is 10.6 Å². The van der Waals surface area contributed by atoms with Crippen LogP contribution in [-0.4, -0.2) is 23.4 Å². The van der Waals surface area contributed by atoms with Crippen LogP contribution in [0.15, 0.2) is 24.3 Å². The van der Waals surface area contributed by atoms with Crippen LogP contribution in [0.1, 0.15) is 39.0 Å². The lowest BCUT2D eigenvalue weighted by molar-refractivity contribution is 0.173. The third kappa shape index (κ3) is 4.64. The molecule has 20 heavy (non-hydrogen) atoms. The van der Waals surface area contributed by atoms with Crippen molar-refractivity contribution in [3.05, 3.63) is 24.3 Å². The average molecular weight is 278 g/mol. The summed E-state index contributed by atoms with van der Waals surface area (Å²) in [7, 11) is 0. The number of carbonyl (C=O) groups excluding carboxylic acids is 1. The molecule has 0 aromatic heterocycles. The Labute approximate surface area is 119 Å². The highest BCUT2D eigenvalue weighted by molar-refractivity contribution is 5.74. The van der Waals surface area contributed by atoms with Gasteiger partial charge in [-0.3, -0.25) is 0 Å². The van der Waals surface area contributed by atoms with Gasteiger partial charge in [-0.25, -0.2) is 4.79 Å². The summed E-state index contributed by atoms with van der Waals surface area (Å²) in [6, 6.07) is 6.50. The average Bonchev–Trinajstić information content (AvgIpc) is 2.42. The van der Waals surface area contributed by atoms with Gasteiger partial charge in [0.25, 0.3) is 0 Å². The Morgan fingerprint density at radius 3 is 2.55 bits per heavy atom. The van der Waals surface area contributed by atoms with E-state index in [1.807, 2.05) is 0 Å². The van der Waals surface area contributed by atoms with Crippen molar-refractivity contribution in [2.75, 3.05) is 0 Å². The molecule has 1 unspecified atom stereocenters. The summed E-state index contributed by atoms with van der Waals surface area (Å²) in [5.41, 5.74) is 0. The molecule has 1 aliphatic carbocycles. The van der Waals surface area contributed by atoms with Crippen LogP contribution in [0, 0.1) is 0 Å². The van der Waals surface area contributed by atoms with Crippen LogP contribution in [-0.2, 0) is 0 Å². The zero-order chi connectivity index (χ0) is 14.4. The fourth-order valence-corrected chi connectivity index (χ4v) is 2.42. The number of nitrogens with one attached hydrogen (secondary N) is 2. The van der Waals surface area contributed by atoms with E-state index in [0.29, 0.717) is 5.75 Å². The molecule has 0 aliphatic heterocycles. The molecule has 2 rings (SSSR count). The van der Waals surface area contributed by atoms with Gasteiger partial charge in [-0.1, -0.05) is 19.3 Å². The zero-order valence-corrected chi connectivity index (χ0v) is 11.8. The van der Waals surface area contributed by atoms with Crippen molar-refractivity contribution in [2.45, 2.75) is 51.3 Å². The lowest BCUT2D eigenvalue weighted by atomic mass is 9.96. The van der Waals surface area contributed by atoms with Gasteiger partial charge in [0.2, 0.25) is 0 Å². The SMILES string of the molecule is CC(NC(=O)NC1CCCCC1)Oc1ccc(O)cc1. The smallest absolute Gasteiger partial charge is 0.317 e. The van der Waals surface area contributed by atoms with Crippen molar-refractivity contribution in [3.8, 4) is 11.5 Å². The van der Waals surface area contributed by atoms with E-state index in [1.54, 1.807) is 31.2 Å². The maximum atomic E-state index is 11.8. The molecule has 5 nitrogen and oxygen atoms in total. The quantitative estimate of drug-likeness (QED) is 0.742. The molecule has 1 aliphatic rings. The Morgan fingerprint density at radius 1 is 1.25 bits per heavy atom. The van der Waals surface area contributed by atoms with Crippen molar-refractivity contribution in [1.29, 1.82) is 0 Å². The number of amides is 2. The van der Waals surface area contributed by atoms with E-state index >= 15 is 0 Å². The second-order valence-electron chi connectivity index (χ2n) is 5.21. The molecule has 110 valence electrons. The Bertz CT molecular complexity index is 427. The number of rotatable bonds is 4. The number of hydrogen-bond donors (Lipinski definition) is 3. The molecular weight excluding hydrogens is 256 g/mol. The van der Waals surface area contributed by atoms with Crippen LogP contribution >= 0.6 is 0 Å². The van der Waals surface area contributed by atoms with Gasteiger partial charge in [0.15, 0.2) is 6.23 Å². The minimum absolute atomic E-state index is 0.188. The number of ether oxygens (including phenoxy) is 1. The fourth-order valence-electron chi connectivity index (χ4n) is 2.42. The number of carbonyl (C=O) groups is 1. The van der Waals surface area contributed by atoms with E-state index in [4.69, 9.17) is 4.74 Å². The van der Waals surface area contributed by atoms with Crippen molar-refractivity contribution < 1.29 is 14.6 Å². The molecule has 1 aromatic rings. The highest BCUT2D eigenvalue weighted by Gasteiger charge is 2.16. The summed E-state index contributed by atoms with van der Waals surface area (Å²) in [5, 5.41) is 14.9. The van der Waals surface area contributed by atoms with Gasteiger partial charge in [-0.05, 0) is 44.0 Å². The Morgan fingerprint density at radius 2 is 1.90 bits per heavy atom. The fraction of sp³-hybridized carbons (Fsp3) is 0.533. The van der Waals surface area contributed by atoms with Gasteiger partial charge < -0.3 is 20.5 Å². The molecule has 0 saturated heterocycles. The number of phenols is 1. The Hall–Kier alpha value is -1.91. The maximum absolute atomic E-state index is 11.8. The highest BCUT2D eigenvalue weighted by atomic mass is 16.5.